The fourth-order valence-corrected chi connectivity index (χ4v) is 4.47. The highest BCUT2D eigenvalue weighted by Crippen LogP contribution is 2.15. The highest BCUT2D eigenvalue weighted by molar-refractivity contribution is 7.91. The average Bonchev–Trinajstić information content (AvgIpc) is 2.61. The Hall–Kier alpha value is -2.29. The van der Waals surface area contributed by atoms with E-state index in [1.807, 2.05) is 27.7 Å². The Morgan fingerprint density at radius 3 is 2.41 bits per heavy atom. The molecule has 1 aliphatic rings. The van der Waals surface area contributed by atoms with Gasteiger partial charge in [-0.2, -0.15) is 0 Å². The molecule has 0 aliphatic carbocycles. The van der Waals surface area contributed by atoms with Gasteiger partial charge >= 0.3 is 6.09 Å². The van der Waals surface area contributed by atoms with E-state index >= 15 is 0 Å². The summed E-state index contributed by atoms with van der Waals surface area (Å²) < 4.78 is 30.6. The van der Waals surface area contributed by atoms with Crippen LogP contribution in [0.15, 0.2) is 40.2 Å². The van der Waals surface area contributed by atoms with Crippen LogP contribution in [-0.4, -0.2) is 68.9 Å². The Bertz CT molecular complexity index is 813. The molecule has 1 heterocycles. The lowest BCUT2D eigenvalue weighted by Gasteiger charge is -2.40. The molecular weight excluding hydrogens is 392 g/mol. The van der Waals surface area contributed by atoms with Crippen LogP contribution in [0.3, 0.4) is 0 Å². The summed E-state index contributed by atoms with van der Waals surface area (Å²) in [5.41, 5.74) is -0.522. The van der Waals surface area contributed by atoms with E-state index in [4.69, 9.17) is 4.74 Å². The van der Waals surface area contributed by atoms with Gasteiger partial charge in [0.1, 0.15) is 5.60 Å². The van der Waals surface area contributed by atoms with Gasteiger partial charge in [0, 0.05) is 26.2 Å². The maximum atomic E-state index is 12.6. The minimum Gasteiger partial charge on any atom is -0.444 e. The van der Waals surface area contributed by atoms with Gasteiger partial charge in [0.15, 0.2) is 15.8 Å². The molecule has 1 fully saturated rings. The normalized spacial score (nSPS) is 16.7. The van der Waals surface area contributed by atoms with Gasteiger partial charge in [-0.3, -0.25) is 4.99 Å². The molecule has 0 aromatic heterocycles. The van der Waals surface area contributed by atoms with Gasteiger partial charge in [0.25, 0.3) is 0 Å². The number of ether oxygens (including phenoxy) is 1. The number of rotatable bonds is 6. The van der Waals surface area contributed by atoms with Crippen LogP contribution in [0, 0.1) is 0 Å². The number of hydrogen-bond acceptors (Lipinski definition) is 5. The number of guanidine groups is 1. The van der Waals surface area contributed by atoms with Crippen molar-refractivity contribution in [2.45, 2.75) is 56.7 Å². The van der Waals surface area contributed by atoms with Crippen molar-refractivity contribution in [3.8, 4) is 0 Å². The molecule has 9 heteroatoms. The van der Waals surface area contributed by atoms with E-state index in [2.05, 4.69) is 15.6 Å². The molecule has 0 saturated carbocycles. The molecule has 1 atom stereocenters. The molecule has 2 N–H and O–H groups in total. The van der Waals surface area contributed by atoms with Gasteiger partial charge in [-0.05, 0) is 39.3 Å². The lowest BCUT2D eigenvalue weighted by Crippen LogP contribution is -2.63. The van der Waals surface area contributed by atoms with Crippen molar-refractivity contribution in [2.75, 3.05) is 25.9 Å². The second kappa shape index (κ2) is 9.47. The highest BCUT2D eigenvalue weighted by Gasteiger charge is 2.34. The number of hydrogen-bond donors (Lipinski definition) is 2. The number of aliphatic imine (C=N–C) groups is 1. The fraction of sp³-hybridized carbons (Fsp3) is 0.600. The summed E-state index contributed by atoms with van der Waals surface area (Å²) in [6.45, 7) is 8.45. The van der Waals surface area contributed by atoms with Crippen molar-refractivity contribution in [1.29, 1.82) is 0 Å². The summed E-state index contributed by atoms with van der Waals surface area (Å²) in [5.74, 6) is 0.497. The van der Waals surface area contributed by atoms with E-state index < -0.39 is 15.4 Å². The number of sulfone groups is 1. The van der Waals surface area contributed by atoms with Gasteiger partial charge < -0.3 is 20.3 Å². The number of carbonyl (C=O) groups is 1. The van der Waals surface area contributed by atoms with Crippen LogP contribution in [0.2, 0.25) is 0 Å². The molecule has 1 aliphatic heterocycles. The van der Waals surface area contributed by atoms with Gasteiger partial charge in [-0.25, -0.2) is 13.2 Å². The number of amides is 1. The summed E-state index contributed by atoms with van der Waals surface area (Å²) in [7, 11) is -1.76. The lowest BCUT2D eigenvalue weighted by molar-refractivity contribution is 0.00699. The second-order valence-electron chi connectivity index (χ2n) is 8.14. The quantitative estimate of drug-likeness (QED) is 0.535. The van der Waals surface area contributed by atoms with Crippen molar-refractivity contribution in [3.05, 3.63) is 30.3 Å². The van der Waals surface area contributed by atoms with E-state index in [1.54, 1.807) is 42.3 Å². The molecule has 1 aromatic carbocycles. The molecule has 0 bridgehead atoms. The molecule has 1 unspecified atom stereocenters. The Morgan fingerprint density at radius 2 is 1.90 bits per heavy atom. The zero-order valence-corrected chi connectivity index (χ0v) is 18.6. The highest BCUT2D eigenvalue weighted by atomic mass is 32.2. The largest absolute Gasteiger partial charge is 0.444 e. The number of nitrogens with zero attached hydrogens (tertiary/aromatic N) is 2. The molecule has 29 heavy (non-hydrogen) atoms. The Kier molecular flexibility index (Phi) is 7.51. The smallest absolute Gasteiger partial charge is 0.410 e. The van der Waals surface area contributed by atoms with Crippen molar-refractivity contribution in [3.63, 3.8) is 0 Å². The standard InChI is InChI=1S/C20H32N4O4S/c1-6-15(14-29(26,27)17-10-8-7-9-11-17)22-18(21-5)23-16-12-24(13-16)19(25)28-20(2,3)4/h7-11,15-16H,6,12-14H2,1-5H3,(H2,21,22,23). The topological polar surface area (TPSA) is 100 Å². The molecular formula is C20H32N4O4S. The zero-order chi connectivity index (χ0) is 21.7. The van der Waals surface area contributed by atoms with Crippen molar-refractivity contribution < 1.29 is 17.9 Å². The molecule has 8 nitrogen and oxygen atoms in total. The second-order valence-corrected chi connectivity index (χ2v) is 10.2. The summed E-state index contributed by atoms with van der Waals surface area (Å²) in [6, 6.07) is 8.19. The van der Waals surface area contributed by atoms with Gasteiger partial charge in [-0.15, -0.1) is 0 Å². The predicted molar refractivity (Wildman–Crippen MR) is 114 cm³/mol. The predicted octanol–water partition coefficient (Wildman–Crippen LogP) is 2.02. The van der Waals surface area contributed by atoms with Crippen molar-refractivity contribution >= 4 is 21.9 Å². The van der Waals surface area contributed by atoms with E-state index in [1.165, 1.54) is 0 Å². The number of nitrogens with one attached hydrogen (secondary N) is 2. The Labute approximate surface area is 173 Å². The molecule has 0 radical (unpaired) electrons. The third-order valence-electron chi connectivity index (χ3n) is 4.45. The van der Waals surface area contributed by atoms with E-state index in [0.29, 0.717) is 30.4 Å². The Balaban J connectivity index is 1.87. The maximum Gasteiger partial charge on any atom is 0.410 e. The van der Waals surface area contributed by atoms with Gasteiger partial charge in [0.05, 0.1) is 16.7 Å². The van der Waals surface area contributed by atoms with Crippen LogP contribution >= 0.6 is 0 Å². The van der Waals surface area contributed by atoms with Crippen LogP contribution < -0.4 is 10.6 Å². The molecule has 1 aromatic rings. The number of carbonyl (C=O) groups excluding carboxylic acids is 1. The summed E-state index contributed by atoms with van der Waals surface area (Å²) in [6.07, 6.45) is 0.292. The Morgan fingerprint density at radius 1 is 1.28 bits per heavy atom. The summed E-state index contributed by atoms with van der Waals surface area (Å²) >= 11 is 0. The average molecular weight is 425 g/mol. The monoisotopic (exact) mass is 424 g/mol. The third kappa shape index (κ3) is 6.92. The van der Waals surface area contributed by atoms with Crippen LogP contribution in [-0.2, 0) is 14.6 Å². The van der Waals surface area contributed by atoms with Crippen LogP contribution in [0.1, 0.15) is 34.1 Å². The maximum absolute atomic E-state index is 12.6. The zero-order valence-electron chi connectivity index (χ0n) is 17.8. The molecule has 2 rings (SSSR count). The van der Waals surface area contributed by atoms with Gasteiger partial charge in [0.2, 0.25) is 0 Å². The first kappa shape index (κ1) is 23.0. The van der Waals surface area contributed by atoms with E-state index in [9.17, 15) is 13.2 Å². The van der Waals surface area contributed by atoms with Crippen LogP contribution in [0.5, 0.6) is 0 Å². The summed E-state index contributed by atoms with van der Waals surface area (Å²) in [4.78, 5) is 18.1. The molecule has 162 valence electrons. The number of likely N-dealkylation sites (tertiary alicyclic amines) is 1. The summed E-state index contributed by atoms with van der Waals surface area (Å²) in [5, 5.41) is 6.42. The van der Waals surface area contributed by atoms with E-state index in [-0.39, 0.29) is 23.9 Å². The minimum absolute atomic E-state index is 0.0249. The van der Waals surface area contributed by atoms with Crippen molar-refractivity contribution in [1.82, 2.24) is 15.5 Å². The first-order valence-electron chi connectivity index (χ1n) is 9.79. The fourth-order valence-electron chi connectivity index (χ4n) is 2.85. The SMILES string of the molecule is CCC(CS(=O)(=O)c1ccccc1)NC(=NC)NC1CN(C(=O)OC(C)(C)C)C1. The van der Waals surface area contributed by atoms with Crippen LogP contribution in [0.4, 0.5) is 4.79 Å². The molecule has 0 spiro atoms. The lowest BCUT2D eigenvalue weighted by atomic mass is 10.1. The van der Waals surface area contributed by atoms with Crippen molar-refractivity contribution in [2.24, 2.45) is 4.99 Å². The first-order valence-corrected chi connectivity index (χ1v) is 11.4. The first-order chi connectivity index (χ1) is 13.5. The molecule has 1 saturated heterocycles. The van der Waals surface area contributed by atoms with E-state index in [0.717, 1.165) is 0 Å². The third-order valence-corrected chi connectivity index (χ3v) is 6.29. The minimum atomic E-state index is -3.40. The number of benzene rings is 1. The molecule has 1 amide bonds. The van der Waals surface area contributed by atoms with Gasteiger partial charge in [-0.1, -0.05) is 25.1 Å². The van der Waals surface area contributed by atoms with Crippen LogP contribution in [0.25, 0.3) is 0 Å².